The second-order valence-corrected chi connectivity index (χ2v) is 8.32. The van der Waals surface area contributed by atoms with Gasteiger partial charge in [0.2, 0.25) is 0 Å². The summed E-state index contributed by atoms with van der Waals surface area (Å²) in [6.45, 7) is 6.84. The van der Waals surface area contributed by atoms with Gasteiger partial charge in [-0.2, -0.15) is 0 Å². The predicted molar refractivity (Wildman–Crippen MR) is 94.5 cm³/mol. The first-order valence-corrected chi connectivity index (χ1v) is 9.10. The Hall–Kier alpha value is -2.01. The molecule has 0 radical (unpaired) electrons. The first-order chi connectivity index (χ1) is 11.4. The number of hydrogen-bond donors (Lipinski definition) is 0. The minimum Gasteiger partial charge on any atom is -0.480 e. The fourth-order valence-electron chi connectivity index (χ4n) is 3.45. The molecule has 2 aromatic rings. The summed E-state index contributed by atoms with van der Waals surface area (Å²) >= 11 is 1.73. The van der Waals surface area contributed by atoms with E-state index in [4.69, 9.17) is 9.47 Å². The molecule has 1 aromatic carbocycles. The Morgan fingerprint density at radius 1 is 1.29 bits per heavy atom. The van der Waals surface area contributed by atoms with Gasteiger partial charge < -0.3 is 14.4 Å². The molecule has 1 amide bonds. The summed E-state index contributed by atoms with van der Waals surface area (Å²) in [6.07, 6.45) is 0.517. The van der Waals surface area contributed by atoms with Crippen molar-refractivity contribution in [3.8, 4) is 16.2 Å². The van der Waals surface area contributed by atoms with E-state index in [1.165, 1.54) is 10.4 Å². The fraction of sp³-hybridized carbons (Fsp3) is 0.421. The highest BCUT2D eigenvalue weighted by Crippen LogP contribution is 2.51. The number of nitrogens with zero attached hydrogens (tertiary/aromatic N) is 1. The number of fused-ring (bicyclic) bond motifs is 4. The summed E-state index contributed by atoms with van der Waals surface area (Å²) < 4.78 is 12.0. The van der Waals surface area contributed by atoms with Crippen LogP contribution in [0, 0.1) is 0 Å². The topological polar surface area (TPSA) is 38.8 Å². The van der Waals surface area contributed by atoms with E-state index in [1.54, 1.807) is 16.2 Å². The Bertz CT molecular complexity index is 792. The van der Waals surface area contributed by atoms with E-state index in [0.29, 0.717) is 13.1 Å². The van der Waals surface area contributed by atoms with Crippen molar-refractivity contribution in [2.75, 3.05) is 13.1 Å². The Labute approximate surface area is 146 Å². The molecule has 24 heavy (non-hydrogen) atoms. The number of ether oxygens (including phenoxy) is 2. The summed E-state index contributed by atoms with van der Waals surface area (Å²) in [4.78, 5) is 15.5. The number of amides is 1. The van der Waals surface area contributed by atoms with Gasteiger partial charge in [0.1, 0.15) is 11.4 Å². The molecule has 2 aliphatic heterocycles. The maximum atomic E-state index is 12.4. The summed E-state index contributed by atoms with van der Waals surface area (Å²) in [5.74, 6) is 0.901. The third kappa shape index (κ3) is 2.47. The van der Waals surface area contributed by atoms with E-state index in [1.807, 2.05) is 39.0 Å². The van der Waals surface area contributed by atoms with Gasteiger partial charge >= 0.3 is 6.09 Å². The minimum atomic E-state index is -0.486. The quantitative estimate of drug-likeness (QED) is 0.699. The van der Waals surface area contributed by atoms with Crippen LogP contribution in [0.2, 0.25) is 0 Å². The van der Waals surface area contributed by atoms with Crippen LogP contribution in [-0.4, -0.2) is 29.7 Å². The van der Waals surface area contributed by atoms with Crippen molar-refractivity contribution in [1.29, 1.82) is 0 Å². The average molecular weight is 343 g/mol. The number of benzene rings is 1. The van der Waals surface area contributed by atoms with Gasteiger partial charge in [-0.15, -0.1) is 11.3 Å². The van der Waals surface area contributed by atoms with Crippen LogP contribution < -0.4 is 4.74 Å². The highest BCUT2D eigenvalue weighted by atomic mass is 32.1. The van der Waals surface area contributed by atoms with Crippen molar-refractivity contribution in [3.63, 3.8) is 0 Å². The molecule has 4 nitrogen and oxygen atoms in total. The van der Waals surface area contributed by atoms with Crippen molar-refractivity contribution < 1.29 is 14.3 Å². The predicted octanol–water partition coefficient (Wildman–Crippen LogP) is 4.64. The van der Waals surface area contributed by atoms with Gasteiger partial charge in [0, 0.05) is 29.0 Å². The molecule has 0 unspecified atom stereocenters. The molecule has 1 spiro atoms. The molecule has 0 N–H and O–H groups in total. The van der Waals surface area contributed by atoms with E-state index in [9.17, 15) is 4.79 Å². The number of carbonyl (C=O) groups excluding carboxylic acids is 1. The van der Waals surface area contributed by atoms with Crippen molar-refractivity contribution in [1.82, 2.24) is 4.90 Å². The number of carbonyl (C=O) groups is 1. The van der Waals surface area contributed by atoms with E-state index in [2.05, 4.69) is 17.5 Å². The van der Waals surface area contributed by atoms with Crippen molar-refractivity contribution in [2.24, 2.45) is 0 Å². The van der Waals surface area contributed by atoms with Crippen LogP contribution in [-0.2, 0) is 10.3 Å². The maximum absolute atomic E-state index is 12.4. The SMILES string of the molecule is CC(C)(C)OC(=O)N1CC[C@@]2(C1)Oc1ccccc1-c1sccc12. The summed E-state index contributed by atoms with van der Waals surface area (Å²) in [6, 6.07) is 10.3. The van der Waals surface area contributed by atoms with E-state index < -0.39 is 11.2 Å². The molecule has 126 valence electrons. The number of likely N-dealkylation sites (tertiary alicyclic amines) is 1. The molecule has 1 atom stereocenters. The molecule has 3 heterocycles. The normalized spacial score (nSPS) is 22.0. The lowest BCUT2D eigenvalue weighted by atomic mass is 9.88. The zero-order chi connectivity index (χ0) is 16.9. The Balaban J connectivity index is 1.65. The van der Waals surface area contributed by atoms with E-state index in [-0.39, 0.29) is 6.09 Å². The monoisotopic (exact) mass is 343 g/mol. The van der Waals surface area contributed by atoms with Gasteiger partial charge in [-0.3, -0.25) is 0 Å². The van der Waals surface area contributed by atoms with E-state index >= 15 is 0 Å². The molecule has 5 heteroatoms. The largest absolute Gasteiger partial charge is 0.480 e. The lowest BCUT2D eigenvalue weighted by Crippen LogP contribution is -2.41. The van der Waals surface area contributed by atoms with E-state index in [0.717, 1.165) is 17.7 Å². The molecule has 1 aromatic heterocycles. The Morgan fingerprint density at radius 2 is 2.08 bits per heavy atom. The highest BCUT2D eigenvalue weighted by Gasteiger charge is 2.48. The second kappa shape index (κ2) is 5.24. The standard InChI is InChI=1S/C19H21NO3S/c1-18(2,3)23-17(21)20-10-9-19(12-20)14-8-11-24-16(14)13-6-4-5-7-15(13)22-19/h4-8,11H,9-10,12H2,1-3H3/t19-/m0/s1. The number of thiophene rings is 1. The van der Waals surface area contributed by atoms with Crippen LogP contribution in [0.5, 0.6) is 5.75 Å². The first-order valence-electron chi connectivity index (χ1n) is 8.22. The summed E-state index contributed by atoms with van der Waals surface area (Å²) in [5, 5.41) is 2.11. The molecular formula is C19H21NO3S. The molecule has 0 bridgehead atoms. The van der Waals surface area contributed by atoms with Crippen molar-refractivity contribution in [2.45, 2.75) is 38.4 Å². The van der Waals surface area contributed by atoms with Gasteiger partial charge in [0.25, 0.3) is 0 Å². The van der Waals surface area contributed by atoms with Crippen molar-refractivity contribution >= 4 is 17.4 Å². The first kappa shape index (κ1) is 15.5. The zero-order valence-corrected chi connectivity index (χ0v) is 15.0. The molecular weight excluding hydrogens is 322 g/mol. The van der Waals surface area contributed by atoms with Crippen molar-refractivity contribution in [3.05, 3.63) is 41.3 Å². The summed E-state index contributed by atoms with van der Waals surface area (Å²) in [7, 11) is 0. The smallest absolute Gasteiger partial charge is 0.410 e. The van der Waals surface area contributed by atoms with Crippen LogP contribution in [0.3, 0.4) is 0 Å². The lowest BCUT2D eigenvalue weighted by Gasteiger charge is -2.35. The molecule has 2 aliphatic rings. The molecule has 0 saturated carbocycles. The van der Waals surface area contributed by atoms with Crippen LogP contribution in [0.4, 0.5) is 4.79 Å². The zero-order valence-electron chi connectivity index (χ0n) is 14.2. The second-order valence-electron chi connectivity index (χ2n) is 7.41. The lowest BCUT2D eigenvalue weighted by molar-refractivity contribution is 0.0199. The summed E-state index contributed by atoms with van der Waals surface area (Å²) in [5.41, 5.74) is 1.39. The number of rotatable bonds is 0. The average Bonchev–Trinajstić information content (AvgIpc) is 3.14. The third-order valence-electron chi connectivity index (χ3n) is 4.48. The van der Waals surface area contributed by atoms with Crippen LogP contribution >= 0.6 is 11.3 Å². The van der Waals surface area contributed by atoms with Crippen LogP contribution in [0.25, 0.3) is 10.4 Å². The third-order valence-corrected chi connectivity index (χ3v) is 5.42. The van der Waals surface area contributed by atoms with Crippen LogP contribution in [0.15, 0.2) is 35.7 Å². The van der Waals surface area contributed by atoms with Gasteiger partial charge in [-0.05, 0) is 44.4 Å². The van der Waals surface area contributed by atoms with Gasteiger partial charge in [-0.1, -0.05) is 12.1 Å². The molecule has 0 aliphatic carbocycles. The molecule has 1 saturated heterocycles. The minimum absolute atomic E-state index is 0.265. The maximum Gasteiger partial charge on any atom is 0.410 e. The van der Waals surface area contributed by atoms with Gasteiger partial charge in [-0.25, -0.2) is 4.79 Å². The van der Waals surface area contributed by atoms with Gasteiger partial charge in [0.15, 0.2) is 5.60 Å². The number of hydrogen-bond acceptors (Lipinski definition) is 4. The number of para-hydroxylation sites is 1. The fourth-order valence-corrected chi connectivity index (χ4v) is 4.47. The molecule has 1 fully saturated rings. The Kier molecular flexibility index (Phi) is 3.39. The van der Waals surface area contributed by atoms with Crippen LogP contribution in [0.1, 0.15) is 32.8 Å². The molecule has 4 rings (SSSR count). The van der Waals surface area contributed by atoms with Gasteiger partial charge in [0.05, 0.1) is 6.54 Å². The Morgan fingerprint density at radius 3 is 2.88 bits per heavy atom. The highest BCUT2D eigenvalue weighted by molar-refractivity contribution is 7.13.